The minimum absolute atomic E-state index is 0.267. The van der Waals surface area contributed by atoms with E-state index in [1.165, 1.54) is 11.8 Å². The Balaban J connectivity index is 2.62. The number of likely N-dealkylation sites (tertiary alicyclic amines) is 1. The van der Waals surface area contributed by atoms with Crippen molar-refractivity contribution >= 4 is 17.9 Å². The van der Waals surface area contributed by atoms with Gasteiger partial charge in [0, 0.05) is 13.1 Å². The van der Waals surface area contributed by atoms with Crippen LogP contribution in [0.15, 0.2) is 0 Å². The molecule has 0 radical (unpaired) electrons. The first-order valence-corrected chi connectivity index (χ1v) is 6.92. The molecule has 3 N–H and O–H groups in total. The summed E-state index contributed by atoms with van der Waals surface area (Å²) in [6, 6.07) is -1.20. The van der Waals surface area contributed by atoms with E-state index in [1.807, 2.05) is 6.92 Å². The fourth-order valence-corrected chi connectivity index (χ4v) is 2.24. The largest absolute Gasteiger partial charge is 0.480 e. The highest BCUT2D eigenvalue weighted by molar-refractivity contribution is 5.90. The maximum absolute atomic E-state index is 12.1. The molecule has 0 aromatic heterocycles. The third kappa shape index (κ3) is 3.40. The van der Waals surface area contributed by atoms with E-state index in [2.05, 4.69) is 10.6 Å². The fourth-order valence-electron chi connectivity index (χ4n) is 2.24. The van der Waals surface area contributed by atoms with Crippen molar-refractivity contribution in [3.8, 4) is 0 Å². The first kappa shape index (κ1) is 16.3. The van der Waals surface area contributed by atoms with Gasteiger partial charge in [-0.05, 0) is 33.1 Å². The van der Waals surface area contributed by atoms with E-state index in [1.54, 1.807) is 6.92 Å². The number of amides is 3. The Morgan fingerprint density at radius 1 is 1.40 bits per heavy atom. The molecule has 1 aliphatic heterocycles. The molecule has 1 heterocycles. The average Bonchev–Trinajstić information content (AvgIpc) is 2.79. The SMILES string of the molecule is CCCNC(=O)C(C)NC(=O)N1CCCC1(C)C(=O)O. The van der Waals surface area contributed by atoms with Gasteiger partial charge >= 0.3 is 12.0 Å². The smallest absolute Gasteiger partial charge is 0.329 e. The molecular weight excluding hydrogens is 262 g/mol. The predicted octanol–water partition coefficient (Wildman–Crippen LogP) is 0.550. The molecule has 1 rings (SSSR count). The predicted molar refractivity (Wildman–Crippen MR) is 73.3 cm³/mol. The lowest BCUT2D eigenvalue weighted by atomic mass is 10.00. The number of hydrogen-bond donors (Lipinski definition) is 3. The molecule has 1 fully saturated rings. The van der Waals surface area contributed by atoms with E-state index in [0.717, 1.165) is 6.42 Å². The molecule has 3 amide bonds. The van der Waals surface area contributed by atoms with Gasteiger partial charge in [-0.1, -0.05) is 6.92 Å². The van der Waals surface area contributed by atoms with Gasteiger partial charge in [-0.25, -0.2) is 9.59 Å². The lowest BCUT2D eigenvalue weighted by molar-refractivity contribution is -0.147. The molecule has 0 aromatic rings. The summed E-state index contributed by atoms with van der Waals surface area (Å²) in [6.07, 6.45) is 1.88. The van der Waals surface area contributed by atoms with Crippen LogP contribution in [-0.2, 0) is 9.59 Å². The number of carbonyl (C=O) groups is 3. The van der Waals surface area contributed by atoms with Gasteiger partial charge in [-0.3, -0.25) is 4.79 Å². The van der Waals surface area contributed by atoms with Crippen LogP contribution in [0.25, 0.3) is 0 Å². The van der Waals surface area contributed by atoms with Gasteiger partial charge in [0.1, 0.15) is 11.6 Å². The second-order valence-electron chi connectivity index (χ2n) is 5.30. The summed E-state index contributed by atoms with van der Waals surface area (Å²) >= 11 is 0. The quantitative estimate of drug-likeness (QED) is 0.687. The zero-order chi connectivity index (χ0) is 15.3. The minimum atomic E-state index is -1.19. The van der Waals surface area contributed by atoms with Crippen LogP contribution >= 0.6 is 0 Å². The van der Waals surface area contributed by atoms with E-state index in [4.69, 9.17) is 0 Å². The standard InChI is InChI=1S/C13H23N3O4/c1-4-7-14-10(17)9(2)15-12(20)16-8-5-6-13(16,3)11(18)19/h9H,4-8H2,1-3H3,(H,14,17)(H,15,20)(H,18,19). The number of nitrogens with one attached hydrogen (secondary N) is 2. The van der Waals surface area contributed by atoms with Crippen LogP contribution < -0.4 is 10.6 Å². The monoisotopic (exact) mass is 285 g/mol. The van der Waals surface area contributed by atoms with Crippen LogP contribution in [-0.4, -0.2) is 52.6 Å². The molecule has 20 heavy (non-hydrogen) atoms. The van der Waals surface area contributed by atoms with Crippen molar-refractivity contribution in [2.75, 3.05) is 13.1 Å². The van der Waals surface area contributed by atoms with Crippen LogP contribution in [0, 0.1) is 0 Å². The Kier molecular flexibility index (Phi) is 5.35. The number of hydrogen-bond acceptors (Lipinski definition) is 3. The molecule has 0 saturated carbocycles. The third-order valence-electron chi connectivity index (χ3n) is 3.63. The first-order chi connectivity index (χ1) is 9.32. The van der Waals surface area contributed by atoms with Gasteiger partial charge in [0.15, 0.2) is 0 Å². The van der Waals surface area contributed by atoms with Crippen molar-refractivity contribution in [1.29, 1.82) is 0 Å². The molecule has 2 atom stereocenters. The van der Waals surface area contributed by atoms with E-state index >= 15 is 0 Å². The van der Waals surface area contributed by atoms with Gasteiger partial charge in [-0.15, -0.1) is 0 Å². The van der Waals surface area contributed by atoms with Gasteiger partial charge in [0.2, 0.25) is 5.91 Å². The number of aliphatic carboxylic acids is 1. The maximum atomic E-state index is 12.1. The zero-order valence-corrected chi connectivity index (χ0v) is 12.2. The maximum Gasteiger partial charge on any atom is 0.329 e. The molecule has 114 valence electrons. The van der Waals surface area contributed by atoms with Crippen molar-refractivity contribution in [3.63, 3.8) is 0 Å². The van der Waals surface area contributed by atoms with Crippen LogP contribution in [0.5, 0.6) is 0 Å². The summed E-state index contributed by atoms with van der Waals surface area (Å²) in [5, 5.41) is 14.5. The molecule has 7 nitrogen and oxygen atoms in total. The van der Waals surface area contributed by atoms with Crippen LogP contribution in [0.2, 0.25) is 0 Å². The number of carboxylic acid groups (broad SMARTS) is 1. The number of rotatable bonds is 5. The topological polar surface area (TPSA) is 98.7 Å². The number of carboxylic acids is 1. The highest BCUT2D eigenvalue weighted by Gasteiger charge is 2.46. The van der Waals surface area contributed by atoms with Gasteiger partial charge < -0.3 is 20.6 Å². The first-order valence-electron chi connectivity index (χ1n) is 6.92. The van der Waals surface area contributed by atoms with Crippen molar-refractivity contribution in [3.05, 3.63) is 0 Å². The molecule has 0 bridgehead atoms. The molecule has 7 heteroatoms. The normalized spacial score (nSPS) is 23.2. The Labute approximate surface area is 118 Å². The molecule has 0 aromatic carbocycles. The Bertz CT molecular complexity index is 399. The number of carbonyl (C=O) groups excluding carboxylic acids is 2. The van der Waals surface area contributed by atoms with Crippen LogP contribution in [0.4, 0.5) is 4.79 Å². The molecule has 0 aliphatic carbocycles. The summed E-state index contributed by atoms with van der Waals surface area (Å²) in [4.78, 5) is 36.4. The summed E-state index contributed by atoms with van der Waals surface area (Å²) in [6.45, 7) is 5.99. The highest BCUT2D eigenvalue weighted by atomic mass is 16.4. The summed E-state index contributed by atoms with van der Waals surface area (Å²) in [7, 11) is 0. The number of urea groups is 1. The molecule has 2 unspecified atom stereocenters. The van der Waals surface area contributed by atoms with E-state index in [-0.39, 0.29) is 5.91 Å². The van der Waals surface area contributed by atoms with Crippen LogP contribution in [0.1, 0.15) is 40.0 Å². The van der Waals surface area contributed by atoms with Crippen molar-refractivity contribution < 1.29 is 19.5 Å². The lowest BCUT2D eigenvalue weighted by Gasteiger charge is -2.32. The van der Waals surface area contributed by atoms with Gasteiger partial charge in [0.05, 0.1) is 0 Å². The average molecular weight is 285 g/mol. The summed E-state index contributed by atoms with van der Waals surface area (Å²) < 4.78 is 0. The summed E-state index contributed by atoms with van der Waals surface area (Å²) in [5.41, 5.74) is -1.19. The molecule has 1 aliphatic rings. The molecule has 0 spiro atoms. The van der Waals surface area contributed by atoms with Crippen molar-refractivity contribution in [2.24, 2.45) is 0 Å². The van der Waals surface area contributed by atoms with Crippen LogP contribution in [0.3, 0.4) is 0 Å². The number of nitrogens with zero attached hydrogens (tertiary/aromatic N) is 1. The van der Waals surface area contributed by atoms with E-state index in [0.29, 0.717) is 25.9 Å². The van der Waals surface area contributed by atoms with Gasteiger partial charge in [-0.2, -0.15) is 0 Å². The second-order valence-corrected chi connectivity index (χ2v) is 5.30. The molecular formula is C13H23N3O4. The van der Waals surface area contributed by atoms with Crippen molar-refractivity contribution in [2.45, 2.75) is 51.6 Å². The third-order valence-corrected chi connectivity index (χ3v) is 3.63. The summed E-state index contributed by atoms with van der Waals surface area (Å²) in [5.74, 6) is -1.29. The Morgan fingerprint density at radius 3 is 2.60 bits per heavy atom. The lowest BCUT2D eigenvalue weighted by Crippen LogP contribution is -2.57. The Hall–Kier alpha value is -1.79. The van der Waals surface area contributed by atoms with Crippen molar-refractivity contribution in [1.82, 2.24) is 15.5 Å². The minimum Gasteiger partial charge on any atom is -0.480 e. The highest BCUT2D eigenvalue weighted by Crippen LogP contribution is 2.29. The molecule has 1 saturated heterocycles. The van der Waals surface area contributed by atoms with Gasteiger partial charge in [0.25, 0.3) is 0 Å². The van der Waals surface area contributed by atoms with E-state index in [9.17, 15) is 19.5 Å². The Morgan fingerprint density at radius 2 is 2.05 bits per heavy atom. The second kappa shape index (κ2) is 6.58. The zero-order valence-electron chi connectivity index (χ0n) is 12.2. The van der Waals surface area contributed by atoms with E-state index < -0.39 is 23.6 Å². The fraction of sp³-hybridized carbons (Fsp3) is 0.769.